The van der Waals surface area contributed by atoms with E-state index in [0.717, 1.165) is 5.56 Å². The molecule has 1 heterocycles. The largest absolute Gasteiger partial charge is 0.481 e. The molecule has 1 aromatic heterocycles. The summed E-state index contributed by atoms with van der Waals surface area (Å²) in [5.74, 6) is -0.804. The first kappa shape index (κ1) is 8.59. The van der Waals surface area contributed by atoms with Gasteiger partial charge >= 0.3 is 5.97 Å². The molecule has 1 rings (SSSR count). The van der Waals surface area contributed by atoms with E-state index in [4.69, 9.17) is 5.11 Å². The summed E-state index contributed by atoms with van der Waals surface area (Å²) in [5, 5.41) is 8.34. The lowest BCUT2D eigenvalue weighted by Gasteiger charge is -1.85. The Hall–Kier alpha value is -1.51. The van der Waals surface area contributed by atoms with Crippen molar-refractivity contribution in [3.05, 3.63) is 30.1 Å². The quantitative estimate of drug-likeness (QED) is 0.737. The number of carbonyl (C=O) groups is 1. The molecule has 0 saturated heterocycles. The zero-order valence-electron chi connectivity index (χ0n) is 6.90. The Bertz CT molecular complexity index is 299. The molecule has 0 saturated carbocycles. The summed E-state index contributed by atoms with van der Waals surface area (Å²) in [6, 6.07) is 1.93. The van der Waals surface area contributed by atoms with Crippen LogP contribution in [0.1, 0.15) is 12.0 Å². The van der Waals surface area contributed by atoms with Crippen LogP contribution >= 0.6 is 0 Å². The van der Waals surface area contributed by atoms with Gasteiger partial charge in [0.25, 0.3) is 0 Å². The fourth-order valence-electron chi connectivity index (χ4n) is 0.919. The monoisotopic (exact) mass is 165 g/mol. The van der Waals surface area contributed by atoms with Gasteiger partial charge in [-0.2, -0.15) is 0 Å². The summed E-state index contributed by atoms with van der Waals surface area (Å²) in [4.78, 5) is 10.1. The van der Waals surface area contributed by atoms with E-state index in [9.17, 15) is 4.79 Å². The van der Waals surface area contributed by atoms with Crippen molar-refractivity contribution in [2.75, 3.05) is 0 Å². The topological polar surface area (TPSA) is 42.2 Å². The number of aromatic nitrogens is 1. The first-order valence-corrected chi connectivity index (χ1v) is 3.69. The van der Waals surface area contributed by atoms with Crippen molar-refractivity contribution >= 4 is 12.0 Å². The molecule has 0 unspecified atom stereocenters. The standard InChI is InChI=1S/C9H11NO2/c1-10-6-5-8(7-10)3-2-4-9(11)12/h2-3,5-7H,4H2,1H3,(H,11,12)/b3-2+. The van der Waals surface area contributed by atoms with E-state index in [1.807, 2.05) is 30.1 Å². The van der Waals surface area contributed by atoms with Crippen LogP contribution in [0.2, 0.25) is 0 Å². The van der Waals surface area contributed by atoms with Gasteiger partial charge in [0.2, 0.25) is 0 Å². The summed E-state index contributed by atoms with van der Waals surface area (Å²) < 4.78 is 1.92. The molecule has 12 heavy (non-hydrogen) atoms. The summed E-state index contributed by atoms with van der Waals surface area (Å²) in [7, 11) is 1.93. The smallest absolute Gasteiger partial charge is 0.307 e. The van der Waals surface area contributed by atoms with Crippen molar-refractivity contribution in [3.63, 3.8) is 0 Å². The zero-order valence-corrected chi connectivity index (χ0v) is 6.90. The van der Waals surface area contributed by atoms with Gasteiger partial charge < -0.3 is 9.67 Å². The van der Waals surface area contributed by atoms with Gasteiger partial charge in [-0.3, -0.25) is 4.79 Å². The van der Waals surface area contributed by atoms with Gasteiger partial charge in [-0.15, -0.1) is 0 Å². The van der Waals surface area contributed by atoms with Crippen LogP contribution < -0.4 is 0 Å². The normalized spacial score (nSPS) is 10.8. The van der Waals surface area contributed by atoms with E-state index < -0.39 is 5.97 Å². The van der Waals surface area contributed by atoms with Crippen LogP contribution in [-0.4, -0.2) is 15.6 Å². The number of carboxylic acid groups (broad SMARTS) is 1. The van der Waals surface area contributed by atoms with Crippen LogP contribution in [0.25, 0.3) is 6.08 Å². The fraction of sp³-hybridized carbons (Fsp3) is 0.222. The molecule has 0 aliphatic carbocycles. The maximum absolute atomic E-state index is 10.1. The molecule has 64 valence electrons. The van der Waals surface area contributed by atoms with Crippen LogP contribution in [0.15, 0.2) is 24.5 Å². The molecule has 3 nitrogen and oxygen atoms in total. The van der Waals surface area contributed by atoms with Gasteiger partial charge in [0, 0.05) is 19.4 Å². The molecule has 0 aliphatic rings. The number of hydrogen-bond acceptors (Lipinski definition) is 1. The minimum atomic E-state index is -0.804. The zero-order chi connectivity index (χ0) is 8.97. The van der Waals surface area contributed by atoms with Crippen molar-refractivity contribution < 1.29 is 9.90 Å². The van der Waals surface area contributed by atoms with Crippen LogP contribution in [0.4, 0.5) is 0 Å². The number of aryl methyl sites for hydroxylation is 1. The molecule has 0 spiro atoms. The Labute approximate surface area is 70.9 Å². The first-order chi connectivity index (χ1) is 5.68. The predicted octanol–water partition coefficient (Wildman–Crippen LogP) is 1.51. The second-order valence-electron chi connectivity index (χ2n) is 2.61. The van der Waals surface area contributed by atoms with E-state index in [0.29, 0.717) is 0 Å². The van der Waals surface area contributed by atoms with Crippen molar-refractivity contribution in [2.24, 2.45) is 7.05 Å². The molecule has 0 atom stereocenters. The molecular weight excluding hydrogens is 154 g/mol. The highest BCUT2D eigenvalue weighted by molar-refractivity contribution is 5.70. The van der Waals surface area contributed by atoms with Crippen molar-refractivity contribution in [1.29, 1.82) is 0 Å². The lowest BCUT2D eigenvalue weighted by molar-refractivity contribution is -0.135. The molecule has 0 aliphatic heterocycles. The predicted molar refractivity (Wildman–Crippen MR) is 46.7 cm³/mol. The molecule has 1 N–H and O–H groups in total. The Kier molecular flexibility index (Phi) is 2.69. The van der Waals surface area contributed by atoms with Crippen LogP contribution in [0.3, 0.4) is 0 Å². The minimum Gasteiger partial charge on any atom is -0.481 e. The average molecular weight is 165 g/mol. The molecule has 0 bridgehead atoms. The van der Waals surface area contributed by atoms with Gasteiger partial charge in [0.1, 0.15) is 0 Å². The van der Waals surface area contributed by atoms with Gasteiger partial charge in [0.05, 0.1) is 6.42 Å². The third-order valence-electron chi connectivity index (χ3n) is 1.46. The van der Waals surface area contributed by atoms with E-state index in [1.165, 1.54) is 0 Å². The van der Waals surface area contributed by atoms with Gasteiger partial charge in [-0.05, 0) is 11.6 Å². The SMILES string of the molecule is Cn1ccc(/C=C/CC(=O)O)c1. The number of nitrogens with zero attached hydrogens (tertiary/aromatic N) is 1. The number of aliphatic carboxylic acids is 1. The van der Waals surface area contributed by atoms with Gasteiger partial charge in [-0.25, -0.2) is 0 Å². The van der Waals surface area contributed by atoms with Crippen LogP contribution in [0, 0.1) is 0 Å². The van der Waals surface area contributed by atoms with Crippen molar-refractivity contribution in [2.45, 2.75) is 6.42 Å². The van der Waals surface area contributed by atoms with Crippen LogP contribution in [0.5, 0.6) is 0 Å². The summed E-state index contributed by atoms with van der Waals surface area (Å²) in [6.07, 6.45) is 7.36. The average Bonchev–Trinajstić information content (AvgIpc) is 2.35. The molecule has 0 fully saturated rings. The molecule has 1 aromatic rings. The summed E-state index contributed by atoms with van der Waals surface area (Å²) in [6.45, 7) is 0. The number of carboxylic acids is 1. The van der Waals surface area contributed by atoms with Crippen molar-refractivity contribution in [3.8, 4) is 0 Å². The third kappa shape index (κ3) is 2.62. The highest BCUT2D eigenvalue weighted by Crippen LogP contribution is 2.02. The van der Waals surface area contributed by atoms with E-state index in [1.54, 1.807) is 12.2 Å². The van der Waals surface area contributed by atoms with Crippen molar-refractivity contribution in [1.82, 2.24) is 4.57 Å². The second kappa shape index (κ2) is 3.76. The highest BCUT2D eigenvalue weighted by atomic mass is 16.4. The third-order valence-corrected chi connectivity index (χ3v) is 1.46. The Morgan fingerprint density at radius 2 is 2.50 bits per heavy atom. The first-order valence-electron chi connectivity index (χ1n) is 3.69. The van der Waals surface area contributed by atoms with E-state index >= 15 is 0 Å². The maximum atomic E-state index is 10.1. The minimum absolute atomic E-state index is 0.0783. The second-order valence-corrected chi connectivity index (χ2v) is 2.61. The lowest BCUT2D eigenvalue weighted by atomic mass is 10.3. The van der Waals surface area contributed by atoms with E-state index in [-0.39, 0.29) is 6.42 Å². The van der Waals surface area contributed by atoms with Gasteiger partial charge in [-0.1, -0.05) is 12.2 Å². The number of hydrogen-bond donors (Lipinski definition) is 1. The van der Waals surface area contributed by atoms with E-state index in [2.05, 4.69) is 0 Å². The van der Waals surface area contributed by atoms with Gasteiger partial charge in [0.15, 0.2) is 0 Å². The number of rotatable bonds is 3. The summed E-state index contributed by atoms with van der Waals surface area (Å²) in [5.41, 5.74) is 1.03. The Balaban J connectivity index is 2.52. The molecule has 3 heteroatoms. The molecule has 0 amide bonds. The summed E-state index contributed by atoms with van der Waals surface area (Å²) >= 11 is 0. The highest BCUT2D eigenvalue weighted by Gasteiger charge is 1.91. The molecule has 0 radical (unpaired) electrons. The van der Waals surface area contributed by atoms with Crippen LogP contribution in [-0.2, 0) is 11.8 Å². The lowest BCUT2D eigenvalue weighted by Crippen LogP contribution is -1.89. The Morgan fingerprint density at radius 3 is 3.00 bits per heavy atom. The molecule has 0 aromatic carbocycles. The Morgan fingerprint density at radius 1 is 1.75 bits per heavy atom. The fourth-order valence-corrected chi connectivity index (χ4v) is 0.919. The molecular formula is C9H11NO2. The maximum Gasteiger partial charge on any atom is 0.307 e.